The third-order valence-electron chi connectivity index (χ3n) is 5.11. The third-order valence-corrected chi connectivity index (χ3v) is 5.11. The largest absolute Gasteiger partial charge is 0.348 e. The predicted molar refractivity (Wildman–Crippen MR) is 103 cm³/mol. The number of aromatic nitrogens is 5. The Kier molecular flexibility index (Phi) is 5.01. The SMILES string of the molecule is Cc1cc(C(=O)NC2CC(n3cc(CCc4ccccc4)nn3)C2)n[nH]c1=O. The van der Waals surface area contributed by atoms with Crippen molar-refractivity contribution in [1.29, 1.82) is 0 Å². The van der Waals surface area contributed by atoms with Crippen molar-refractivity contribution >= 4 is 5.91 Å². The van der Waals surface area contributed by atoms with Crippen molar-refractivity contribution in [2.24, 2.45) is 0 Å². The van der Waals surface area contributed by atoms with E-state index in [2.05, 4.69) is 38.0 Å². The van der Waals surface area contributed by atoms with Crippen LogP contribution in [0.1, 0.15) is 46.2 Å². The van der Waals surface area contributed by atoms with Gasteiger partial charge in [0.15, 0.2) is 0 Å². The number of benzene rings is 1. The van der Waals surface area contributed by atoms with Crippen LogP contribution in [-0.4, -0.2) is 37.1 Å². The average molecular weight is 378 g/mol. The first kappa shape index (κ1) is 18.1. The van der Waals surface area contributed by atoms with Gasteiger partial charge in [-0.25, -0.2) is 9.78 Å². The van der Waals surface area contributed by atoms with Gasteiger partial charge in [0.1, 0.15) is 5.69 Å². The number of nitrogens with zero attached hydrogens (tertiary/aromatic N) is 4. The maximum atomic E-state index is 12.2. The van der Waals surface area contributed by atoms with Crippen LogP contribution < -0.4 is 10.9 Å². The molecule has 1 aliphatic rings. The number of carbonyl (C=O) groups is 1. The predicted octanol–water partition coefficient (Wildman–Crippen LogP) is 1.59. The number of aryl methyl sites for hydroxylation is 3. The molecule has 0 atom stereocenters. The molecule has 0 saturated heterocycles. The molecule has 1 aliphatic carbocycles. The molecule has 144 valence electrons. The number of amides is 1. The normalized spacial score (nSPS) is 18.5. The highest BCUT2D eigenvalue weighted by molar-refractivity contribution is 5.92. The first-order valence-electron chi connectivity index (χ1n) is 9.40. The zero-order chi connectivity index (χ0) is 19.5. The van der Waals surface area contributed by atoms with Crippen LogP contribution in [0.15, 0.2) is 47.4 Å². The smallest absolute Gasteiger partial charge is 0.271 e. The molecule has 1 fully saturated rings. The summed E-state index contributed by atoms with van der Waals surface area (Å²) in [7, 11) is 0. The Bertz CT molecular complexity index is 1020. The van der Waals surface area contributed by atoms with Gasteiger partial charge in [0.25, 0.3) is 11.5 Å². The van der Waals surface area contributed by atoms with Crippen LogP contribution >= 0.6 is 0 Å². The number of hydrogen-bond donors (Lipinski definition) is 2. The molecule has 1 saturated carbocycles. The molecule has 0 unspecified atom stereocenters. The highest BCUT2D eigenvalue weighted by Gasteiger charge is 2.33. The maximum absolute atomic E-state index is 12.2. The number of carbonyl (C=O) groups excluding carboxylic acids is 1. The van der Waals surface area contributed by atoms with Gasteiger partial charge >= 0.3 is 0 Å². The van der Waals surface area contributed by atoms with Crippen molar-refractivity contribution < 1.29 is 4.79 Å². The monoisotopic (exact) mass is 378 g/mol. The van der Waals surface area contributed by atoms with E-state index < -0.39 is 0 Å². The van der Waals surface area contributed by atoms with Gasteiger partial charge in [-0.2, -0.15) is 5.10 Å². The van der Waals surface area contributed by atoms with E-state index >= 15 is 0 Å². The minimum absolute atomic E-state index is 0.0727. The van der Waals surface area contributed by atoms with E-state index in [1.54, 1.807) is 6.92 Å². The Morgan fingerprint density at radius 1 is 1.25 bits per heavy atom. The Morgan fingerprint density at radius 3 is 2.79 bits per heavy atom. The van der Waals surface area contributed by atoms with Gasteiger partial charge < -0.3 is 5.32 Å². The molecular weight excluding hydrogens is 356 g/mol. The number of rotatable bonds is 6. The van der Waals surface area contributed by atoms with Crippen LogP contribution in [0.25, 0.3) is 0 Å². The lowest BCUT2D eigenvalue weighted by Crippen LogP contribution is -2.45. The minimum Gasteiger partial charge on any atom is -0.348 e. The molecule has 2 heterocycles. The van der Waals surface area contributed by atoms with Crippen LogP contribution in [0.5, 0.6) is 0 Å². The lowest BCUT2D eigenvalue weighted by atomic mass is 9.86. The van der Waals surface area contributed by atoms with Crippen molar-refractivity contribution in [3.63, 3.8) is 0 Å². The van der Waals surface area contributed by atoms with E-state index in [4.69, 9.17) is 0 Å². The first-order valence-corrected chi connectivity index (χ1v) is 9.40. The standard InChI is InChI=1S/C20H22N6O2/c1-13-9-18(23-24-19(13)27)20(28)21-16-10-17(11-16)26-12-15(22-25-26)8-7-14-5-3-2-4-6-14/h2-6,9,12,16-17H,7-8,10-11H2,1H3,(H,21,28)(H,24,27). The third kappa shape index (κ3) is 4.00. The zero-order valence-corrected chi connectivity index (χ0v) is 15.6. The molecule has 4 rings (SSSR count). The molecule has 1 aromatic carbocycles. The summed E-state index contributed by atoms with van der Waals surface area (Å²) in [6.07, 6.45) is 5.40. The quantitative estimate of drug-likeness (QED) is 0.678. The molecule has 28 heavy (non-hydrogen) atoms. The molecule has 3 aromatic rings. The second kappa shape index (κ2) is 7.75. The molecule has 2 aromatic heterocycles. The fourth-order valence-electron chi connectivity index (χ4n) is 3.32. The topological polar surface area (TPSA) is 106 Å². The molecule has 1 amide bonds. The molecule has 0 spiro atoms. The van der Waals surface area contributed by atoms with Crippen LogP contribution in [0.2, 0.25) is 0 Å². The highest BCUT2D eigenvalue weighted by Crippen LogP contribution is 2.31. The summed E-state index contributed by atoms with van der Waals surface area (Å²) in [5.41, 5.74) is 2.68. The zero-order valence-electron chi connectivity index (χ0n) is 15.6. The summed E-state index contributed by atoms with van der Waals surface area (Å²) < 4.78 is 1.89. The van der Waals surface area contributed by atoms with Crippen LogP contribution in [0, 0.1) is 6.92 Å². The van der Waals surface area contributed by atoms with E-state index in [9.17, 15) is 9.59 Å². The van der Waals surface area contributed by atoms with Gasteiger partial charge in [-0.1, -0.05) is 35.5 Å². The van der Waals surface area contributed by atoms with Crippen molar-refractivity contribution in [2.75, 3.05) is 0 Å². The Balaban J connectivity index is 1.27. The number of H-pyrrole nitrogens is 1. The van der Waals surface area contributed by atoms with Crippen molar-refractivity contribution in [3.8, 4) is 0 Å². The van der Waals surface area contributed by atoms with Crippen LogP contribution in [0.4, 0.5) is 0 Å². The minimum atomic E-state index is -0.283. The van der Waals surface area contributed by atoms with Gasteiger partial charge in [0.05, 0.1) is 11.7 Å². The Morgan fingerprint density at radius 2 is 2.04 bits per heavy atom. The van der Waals surface area contributed by atoms with Gasteiger partial charge in [0, 0.05) is 17.8 Å². The molecule has 8 nitrogen and oxygen atoms in total. The lowest BCUT2D eigenvalue weighted by molar-refractivity contribution is 0.0881. The molecule has 0 radical (unpaired) electrons. The highest BCUT2D eigenvalue weighted by atomic mass is 16.2. The Labute approximate surface area is 162 Å². The molecular formula is C20H22N6O2. The Hall–Kier alpha value is -3.29. The average Bonchev–Trinajstić information content (AvgIpc) is 3.14. The van der Waals surface area contributed by atoms with Gasteiger partial charge in [-0.15, -0.1) is 5.10 Å². The summed E-state index contributed by atoms with van der Waals surface area (Å²) in [5.74, 6) is -0.273. The van der Waals surface area contributed by atoms with Gasteiger partial charge in [-0.3, -0.25) is 9.59 Å². The van der Waals surface area contributed by atoms with E-state index in [0.717, 1.165) is 31.4 Å². The van der Waals surface area contributed by atoms with Gasteiger partial charge in [0.2, 0.25) is 0 Å². The lowest BCUT2D eigenvalue weighted by Gasteiger charge is -2.35. The summed E-state index contributed by atoms with van der Waals surface area (Å²) in [6, 6.07) is 12.1. The summed E-state index contributed by atoms with van der Waals surface area (Å²) in [4.78, 5) is 23.6. The second-order valence-electron chi connectivity index (χ2n) is 7.24. The van der Waals surface area contributed by atoms with Crippen molar-refractivity contribution in [1.82, 2.24) is 30.5 Å². The molecule has 8 heteroatoms. The van der Waals surface area contributed by atoms with E-state index in [-0.39, 0.29) is 29.2 Å². The van der Waals surface area contributed by atoms with Crippen molar-refractivity contribution in [2.45, 2.75) is 44.7 Å². The fraction of sp³-hybridized carbons (Fsp3) is 0.350. The van der Waals surface area contributed by atoms with E-state index in [0.29, 0.717) is 5.56 Å². The molecule has 0 bridgehead atoms. The van der Waals surface area contributed by atoms with E-state index in [1.165, 1.54) is 11.6 Å². The summed E-state index contributed by atoms with van der Waals surface area (Å²) in [5, 5.41) is 17.6. The fourth-order valence-corrected chi connectivity index (χ4v) is 3.32. The molecule has 0 aliphatic heterocycles. The van der Waals surface area contributed by atoms with Crippen LogP contribution in [-0.2, 0) is 12.8 Å². The number of aromatic amines is 1. The number of nitrogens with one attached hydrogen (secondary N) is 2. The van der Waals surface area contributed by atoms with E-state index in [1.807, 2.05) is 29.1 Å². The van der Waals surface area contributed by atoms with Crippen molar-refractivity contribution in [3.05, 3.63) is 75.5 Å². The first-order chi connectivity index (χ1) is 13.6. The van der Waals surface area contributed by atoms with Gasteiger partial charge in [-0.05, 0) is 44.2 Å². The maximum Gasteiger partial charge on any atom is 0.271 e. The van der Waals surface area contributed by atoms with Crippen LogP contribution in [0.3, 0.4) is 0 Å². The summed E-state index contributed by atoms with van der Waals surface area (Å²) >= 11 is 0. The second-order valence-corrected chi connectivity index (χ2v) is 7.24. The summed E-state index contributed by atoms with van der Waals surface area (Å²) in [6.45, 7) is 1.65. The number of hydrogen-bond acceptors (Lipinski definition) is 5. The molecule has 2 N–H and O–H groups in total.